The largest absolute Gasteiger partial charge is 0.332 e. The quantitative estimate of drug-likeness (QED) is 0.505. The zero-order valence-electron chi connectivity index (χ0n) is 6.42. The predicted molar refractivity (Wildman–Crippen MR) is 43.0 cm³/mol. The van der Waals surface area contributed by atoms with Gasteiger partial charge in [-0.1, -0.05) is 18.7 Å². The van der Waals surface area contributed by atoms with Crippen molar-refractivity contribution in [2.45, 2.75) is 18.9 Å². The normalized spacial score (nSPS) is 29.5. The molecular formula is C9H11NO. The summed E-state index contributed by atoms with van der Waals surface area (Å²) in [7, 11) is 0. The van der Waals surface area contributed by atoms with Crippen LogP contribution in [0.4, 0.5) is 0 Å². The molecule has 2 heterocycles. The van der Waals surface area contributed by atoms with Gasteiger partial charge in [-0.05, 0) is 12.0 Å². The van der Waals surface area contributed by atoms with Gasteiger partial charge in [0, 0.05) is 13.0 Å². The fourth-order valence-electron chi connectivity index (χ4n) is 1.78. The van der Waals surface area contributed by atoms with Gasteiger partial charge in [0.15, 0.2) is 0 Å². The number of hydrogen-bond donors (Lipinski definition) is 0. The summed E-state index contributed by atoms with van der Waals surface area (Å²) in [6.45, 7) is 4.69. The molecule has 2 rings (SSSR count). The van der Waals surface area contributed by atoms with Crippen LogP contribution >= 0.6 is 0 Å². The molecule has 58 valence electrons. The van der Waals surface area contributed by atoms with Crippen LogP contribution in [0.5, 0.6) is 0 Å². The van der Waals surface area contributed by atoms with Crippen molar-refractivity contribution >= 4 is 5.91 Å². The van der Waals surface area contributed by atoms with Gasteiger partial charge < -0.3 is 4.90 Å². The summed E-state index contributed by atoms with van der Waals surface area (Å²) in [5.74, 6) is 0.278. The summed E-state index contributed by atoms with van der Waals surface area (Å²) in [4.78, 5) is 13.1. The highest BCUT2D eigenvalue weighted by Gasteiger charge is 2.32. The Balaban J connectivity index is 2.28. The van der Waals surface area contributed by atoms with Crippen molar-refractivity contribution in [2.75, 3.05) is 6.54 Å². The summed E-state index contributed by atoms with van der Waals surface area (Å²) in [5, 5.41) is 0. The van der Waals surface area contributed by atoms with Crippen LogP contribution in [0.15, 0.2) is 24.3 Å². The summed E-state index contributed by atoms with van der Waals surface area (Å²) in [5.41, 5.74) is 1.09. The van der Waals surface area contributed by atoms with E-state index in [1.54, 1.807) is 0 Å². The number of carbonyl (C=O) groups is 1. The lowest BCUT2D eigenvalue weighted by atomic mass is 10.0. The lowest BCUT2D eigenvalue weighted by Crippen LogP contribution is -2.35. The zero-order valence-corrected chi connectivity index (χ0v) is 6.42. The van der Waals surface area contributed by atoms with E-state index in [0.717, 1.165) is 18.5 Å². The molecule has 0 spiro atoms. The molecule has 0 aromatic heterocycles. The van der Waals surface area contributed by atoms with Crippen molar-refractivity contribution in [3.05, 3.63) is 24.3 Å². The summed E-state index contributed by atoms with van der Waals surface area (Å²) in [6, 6.07) is 0.312. The maximum absolute atomic E-state index is 11.2. The summed E-state index contributed by atoms with van der Waals surface area (Å²) in [6.07, 6.45) is 5.69. The van der Waals surface area contributed by atoms with Crippen molar-refractivity contribution in [3.63, 3.8) is 0 Å². The number of nitrogens with zero attached hydrogens (tertiary/aromatic N) is 1. The maximum atomic E-state index is 11.2. The molecular weight excluding hydrogens is 138 g/mol. The first-order valence-corrected chi connectivity index (χ1v) is 3.94. The van der Waals surface area contributed by atoms with Crippen LogP contribution in [0.25, 0.3) is 0 Å². The average molecular weight is 149 g/mol. The molecule has 0 aromatic rings. The number of carbonyl (C=O) groups excluding carboxylic acids is 1. The molecule has 2 aliphatic heterocycles. The molecule has 1 atom stereocenters. The Morgan fingerprint density at radius 1 is 1.64 bits per heavy atom. The minimum atomic E-state index is 0.278. The highest BCUT2D eigenvalue weighted by molar-refractivity contribution is 5.80. The summed E-state index contributed by atoms with van der Waals surface area (Å²) >= 11 is 0. The topological polar surface area (TPSA) is 20.3 Å². The molecule has 0 N–H and O–H groups in total. The van der Waals surface area contributed by atoms with Gasteiger partial charge in [-0.3, -0.25) is 4.79 Å². The molecule has 0 aliphatic carbocycles. The maximum Gasteiger partial charge on any atom is 0.223 e. The van der Waals surface area contributed by atoms with E-state index >= 15 is 0 Å². The minimum absolute atomic E-state index is 0.278. The van der Waals surface area contributed by atoms with E-state index < -0.39 is 0 Å². The van der Waals surface area contributed by atoms with Gasteiger partial charge in [0.25, 0.3) is 0 Å². The number of hydrogen-bond acceptors (Lipinski definition) is 1. The summed E-state index contributed by atoms with van der Waals surface area (Å²) < 4.78 is 0. The van der Waals surface area contributed by atoms with Gasteiger partial charge in [-0.15, -0.1) is 0 Å². The van der Waals surface area contributed by atoms with Gasteiger partial charge in [-0.25, -0.2) is 0 Å². The Bertz CT molecular complexity index is 242. The van der Waals surface area contributed by atoms with Crippen molar-refractivity contribution in [3.8, 4) is 0 Å². The number of fused-ring (bicyclic) bond motifs is 1. The van der Waals surface area contributed by atoms with Crippen LogP contribution in [0, 0.1) is 0 Å². The molecule has 2 aliphatic rings. The highest BCUT2D eigenvalue weighted by atomic mass is 16.2. The van der Waals surface area contributed by atoms with E-state index in [9.17, 15) is 4.79 Å². The zero-order chi connectivity index (χ0) is 7.84. The first-order valence-electron chi connectivity index (χ1n) is 3.94. The van der Waals surface area contributed by atoms with Crippen LogP contribution in [0.2, 0.25) is 0 Å². The molecule has 1 unspecified atom stereocenters. The monoisotopic (exact) mass is 149 g/mol. The average Bonchev–Trinajstić information content (AvgIpc) is 2.35. The predicted octanol–water partition coefficient (Wildman–Crippen LogP) is 1.10. The third kappa shape index (κ3) is 0.897. The van der Waals surface area contributed by atoms with Gasteiger partial charge in [0.05, 0.1) is 6.04 Å². The first kappa shape index (κ1) is 6.65. The van der Waals surface area contributed by atoms with E-state index in [1.807, 2.05) is 17.1 Å². The number of rotatable bonds is 0. The highest BCUT2D eigenvalue weighted by Crippen LogP contribution is 2.26. The van der Waals surface area contributed by atoms with Gasteiger partial charge in [0.2, 0.25) is 5.91 Å². The van der Waals surface area contributed by atoms with Crippen LogP contribution in [-0.4, -0.2) is 23.4 Å². The van der Waals surface area contributed by atoms with E-state index in [0.29, 0.717) is 12.5 Å². The second kappa shape index (κ2) is 2.22. The van der Waals surface area contributed by atoms with E-state index in [2.05, 4.69) is 6.58 Å². The first-order chi connectivity index (χ1) is 5.29. The van der Waals surface area contributed by atoms with Gasteiger partial charge in [-0.2, -0.15) is 0 Å². The second-order valence-corrected chi connectivity index (χ2v) is 3.08. The third-order valence-electron chi connectivity index (χ3n) is 2.39. The third-order valence-corrected chi connectivity index (χ3v) is 2.39. The molecule has 0 aromatic carbocycles. The van der Waals surface area contributed by atoms with E-state index in [-0.39, 0.29) is 5.91 Å². The molecule has 0 saturated carbocycles. The van der Waals surface area contributed by atoms with Crippen molar-refractivity contribution < 1.29 is 4.79 Å². The Morgan fingerprint density at radius 2 is 2.45 bits per heavy atom. The molecule has 2 heteroatoms. The van der Waals surface area contributed by atoms with E-state index in [1.165, 1.54) is 0 Å². The smallest absolute Gasteiger partial charge is 0.223 e. The van der Waals surface area contributed by atoms with Crippen LogP contribution in [-0.2, 0) is 4.79 Å². The number of amides is 1. The van der Waals surface area contributed by atoms with Crippen molar-refractivity contribution in [1.82, 2.24) is 4.90 Å². The lowest BCUT2D eigenvalue weighted by Gasteiger charge is -2.27. The van der Waals surface area contributed by atoms with Gasteiger partial charge >= 0.3 is 0 Å². The molecule has 1 amide bonds. The molecule has 1 fully saturated rings. The molecule has 2 nitrogen and oxygen atoms in total. The van der Waals surface area contributed by atoms with Crippen LogP contribution < -0.4 is 0 Å². The van der Waals surface area contributed by atoms with Gasteiger partial charge in [0.1, 0.15) is 0 Å². The molecule has 1 saturated heterocycles. The van der Waals surface area contributed by atoms with Crippen LogP contribution in [0.1, 0.15) is 12.8 Å². The SMILES string of the molecule is C=C1C=CCN2C(=O)CCC12. The molecule has 11 heavy (non-hydrogen) atoms. The Kier molecular flexibility index (Phi) is 1.34. The Labute approximate surface area is 66.2 Å². The standard InChI is InChI=1S/C9H11NO/c1-7-3-2-6-10-8(7)4-5-9(10)11/h2-3,8H,1,4-6H2. The minimum Gasteiger partial charge on any atom is -0.332 e. The molecule has 0 radical (unpaired) electrons. The Morgan fingerprint density at radius 3 is 3.18 bits per heavy atom. The fraction of sp³-hybridized carbons (Fsp3) is 0.444. The Hall–Kier alpha value is -1.05. The van der Waals surface area contributed by atoms with E-state index in [4.69, 9.17) is 0 Å². The second-order valence-electron chi connectivity index (χ2n) is 3.08. The van der Waals surface area contributed by atoms with Crippen LogP contribution in [0.3, 0.4) is 0 Å². The van der Waals surface area contributed by atoms with Crippen molar-refractivity contribution in [1.29, 1.82) is 0 Å². The lowest BCUT2D eigenvalue weighted by molar-refractivity contribution is -0.128. The van der Waals surface area contributed by atoms with Crippen molar-refractivity contribution in [2.24, 2.45) is 0 Å². The fourth-order valence-corrected chi connectivity index (χ4v) is 1.78. The molecule has 0 bridgehead atoms.